The third-order valence-electron chi connectivity index (χ3n) is 3.09. The van der Waals surface area contributed by atoms with Gasteiger partial charge in [0.1, 0.15) is 23.9 Å². The number of anilines is 1. The van der Waals surface area contributed by atoms with E-state index in [1.807, 2.05) is 0 Å². The highest BCUT2D eigenvalue weighted by Crippen LogP contribution is 2.30. The number of rotatable bonds is 4. The number of hydrogen-bond donors (Lipinski definition) is 1. The second kappa shape index (κ2) is 6.67. The van der Waals surface area contributed by atoms with Crippen molar-refractivity contribution in [2.24, 2.45) is 0 Å². The van der Waals surface area contributed by atoms with Gasteiger partial charge in [0, 0.05) is 5.69 Å². The first-order chi connectivity index (χ1) is 11.3. The topological polar surface area (TPSA) is 130 Å². The monoisotopic (exact) mass is 357 g/mol. The second-order valence-corrected chi connectivity index (χ2v) is 8.68. The summed E-state index contributed by atoms with van der Waals surface area (Å²) >= 11 is 1.03. The molecular formula is C15H11N5O2S2. The van der Waals surface area contributed by atoms with E-state index in [-0.39, 0.29) is 15.6 Å². The van der Waals surface area contributed by atoms with Crippen LogP contribution >= 0.6 is 11.3 Å². The number of nitrogens with zero attached hydrogens (tertiary/aromatic N) is 4. The van der Waals surface area contributed by atoms with E-state index in [9.17, 15) is 8.42 Å². The molecule has 2 rings (SSSR count). The predicted octanol–water partition coefficient (Wildman–Crippen LogP) is 2.72. The molecule has 0 unspecified atom stereocenters. The lowest BCUT2D eigenvalue weighted by atomic mass is 10.2. The van der Waals surface area contributed by atoms with Gasteiger partial charge >= 0.3 is 0 Å². The predicted molar refractivity (Wildman–Crippen MR) is 89.4 cm³/mol. The molecule has 1 aromatic heterocycles. The number of benzene rings is 1. The van der Waals surface area contributed by atoms with Gasteiger partial charge in [-0.25, -0.2) is 13.4 Å². The van der Waals surface area contributed by atoms with Gasteiger partial charge in [0.25, 0.3) is 0 Å². The Hall–Kier alpha value is -2.93. The molecule has 0 aliphatic rings. The third-order valence-corrected chi connectivity index (χ3v) is 6.67. The number of allylic oxidation sites excluding steroid dienone is 2. The minimum Gasteiger partial charge on any atom is -0.345 e. The Morgan fingerprint density at radius 2 is 1.88 bits per heavy atom. The van der Waals surface area contributed by atoms with E-state index in [0.29, 0.717) is 15.9 Å². The maximum Gasteiger partial charge on any atom is 0.210 e. The molecule has 120 valence electrons. The number of fused-ring (bicyclic) bond motifs is 1. The number of nitrogens with one attached hydrogen (secondary N) is 1. The van der Waals surface area contributed by atoms with Crippen LogP contribution in [0, 0.1) is 34.0 Å². The summed E-state index contributed by atoms with van der Waals surface area (Å²) in [5.74, 6) is 0. The van der Waals surface area contributed by atoms with Crippen LogP contribution in [0.5, 0.6) is 0 Å². The van der Waals surface area contributed by atoms with E-state index in [1.165, 1.54) is 0 Å². The zero-order valence-electron chi connectivity index (χ0n) is 12.7. The van der Waals surface area contributed by atoms with Crippen molar-refractivity contribution in [1.82, 2.24) is 4.98 Å². The summed E-state index contributed by atoms with van der Waals surface area (Å²) in [5, 5.41) is 28.8. The van der Waals surface area contributed by atoms with Crippen LogP contribution in [0.3, 0.4) is 0 Å². The summed E-state index contributed by atoms with van der Waals surface area (Å²) in [6.07, 6.45) is 0. The molecule has 1 aromatic carbocycles. The van der Waals surface area contributed by atoms with Gasteiger partial charge in [-0.05, 0) is 32.0 Å². The van der Waals surface area contributed by atoms with Crippen molar-refractivity contribution in [2.75, 3.05) is 5.32 Å². The maximum atomic E-state index is 12.2. The molecule has 0 saturated heterocycles. The quantitative estimate of drug-likeness (QED) is 0.832. The molecule has 1 N–H and O–H groups in total. The molecule has 9 heteroatoms. The molecule has 0 atom stereocenters. The Morgan fingerprint density at radius 1 is 1.21 bits per heavy atom. The molecule has 0 bridgehead atoms. The van der Waals surface area contributed by atoms with E-state index >= 15 is 0 Å². The molecule has 0 aliphatic carbocycles. The highest BCUT2D eigenvalue weighted by atomic mass is 32.2. The lowest BCUT2D eigenvalue weighted by Gasteiger charge is -2.03. The molecule has 2 aromatic rings. The summed E-state index contributed by atoms with van der Waals surface area (Å²) in [6.45, 7) is 3.17. The van der Waals surface area contributed by atoms with Crippen LogP contribution in [-0.2, 0) is 9.84 Å². The van der Waals surface area contributed by atoms with E-state index in [2.05, 4.69) is 10.3 Å². The van der Waals surface area contributed by atoms with Crippen LogP contribution in [0.1, 0.15) is 13.8 Å². The maximum absolute atomic E-state index is 12.2. The van der Waals surface area contributed by atoms with Gasteiger partial charge in [-0.1, -0.05) is 0 Å². The first-order valence-electron chi connectivity index (χ1n) is 6.69. The normalized spacial score (nSPS) is 10.7. The van der Waals surface area contributed by atoms with Gasteiger partial charge in [-0.2, -0.15) is 15.8 Å². The lowest BCUT2D eigenvalue weighted by Crippen LogP contribution is -2.13. The average molecular weight is 357 g/mol. The van der Waals surface area contributed by atoms with Crippen LogP contribution in [0.25, 0.3) is 10.2 Å². The smallest absolute Gasteiger partial charge is 0.210 e. The van der Waals surface area contributed by atoms with Crippen LogP contribution in [0.15, 0.2) is 33.8 Å². The minimum atomic E-state index is -3.46. The zero-order chi connectivity index (χ0) is 17.9. The van der Waals surface area contributed by atoms with E-state index in [0.717, 1.165) is 11.3 Å². The summed E-state index contributed by atoms with van der Waals surface area (Å²) in [7, 11) is -3.46. The van der Waals surface area contributed by atoms with Crippen molar-refractivity contribution in [1.29, 1.82) is 15.8 Å². The summed E-state index contributed by atoms with van der Waals surface area (Å²) in [4.78, 5) is 4.13. The standard InChI is InChI=1S/C15H11N5O2S2/c1-9(2)24(21,22)15-20-12-4-3-11(5-14(12)23-15)19-13(8-18)10(6-16)7-17/h3-5,9,19H,1-2H3. The molecular weight excluding hydrogens is 346 g/mol. The van der Waals surface area contributed by atoms with Crippen molar-refractivity contribution >= 4 is 37.1 Å². The number of hydrogen-bond acceptors (Lipinski definition) is 8. The fourth-order valence-corrected chi connectivity index (χ4v) is 4.41. The van der Waals surface area contributed by atoms with Crippen LogP contribution < -0.4 is 5.32 Å². The van der Waals surface area contributed by atoms with E-state index < -0.39 is 15.1 Å². The number of aromatic nitrogens is 1. The number of nitriles is 3. The van der Waals surface area contributed by atoms with E-state index in [1.54, 1.807) is 50.3 Å². The van der Waals surface area contributed by atoms with Gasteiger partial charge in [-0.15, -0.1) is 11.3 Å². The summed E-state index contributed by atoms with van der Waals surface area (Å²) in [5.41, 5.74) is 0.483. The molecule has 0 spiro atoms. The highest BCUT2D eigenvalue weighted by Gasteiger charge is 2.23. The number of sulfone groups is 1. The molecule has 7 nitrogen and oxygen atoms in total. The first-order valence-corrected chi connectivity index (χ1v) is 9.05. The van der Waals surface area contributed by atoms with Gasteiger partial charge in [0.2, 0.25) is 14.2 Å². The largest absolute Gasteiger partial charge is 0.345 e. The summed E-state index contributed by atoms with van der Waals surface area (Å²) < 4.78 is 25.0. The molecule has 0 aliphatic heterocycles. The SMILES string of the molecule is CC(C)S(=O)(=O)c1nc2ccc(NC(C#N)=C(C#N)C#N)cc2s1. The lowest BCUT2D eigenvalue weighted by molar-refractivity contribution is 0.587. The fourth-order valence-electron chi connectivity index (χ4n) is 1.73. The second-order valence-electron chi connectivity index (χ2n) is 4.97. The van der Waals surface area contributed by atoms with Crippen molar-refractivity contribution in [2.45, 2.75) is 23.4 Å². The molecule has 0 amide bonds. The fraction of sp³-hybridized carbons (Fsp3) is 0.200. The first kappa shape index (κ1) is 17.4. The van der Waals surface area contributed by atoms with Gasteiger partial charge < -0.3 is 5.32 Å². The van der Waals surface area contributed by atoms with E-state index in [4.69, 9.17) is 15.8 Å². The highest BCUT2D eigenvalue weighted by molar-refractivity contribution is 7.94. The molecule has 0 fully saturated rings. The van der Waals surface area contributed by atoms with Gasteiger partial charge in [-0.3, -0.25) is 0 Å². The van der Waals surface area contributed by atoms with Crippen LogP contribution in [0.4, 0.5) is 5.69 Å². The zero-order valence-corrected chi connectivity index (χ0v) is 14.4. The Morgan fingerprint density at radius 3 is 2.42 bits per heavy atom. The number of thiazole rings is 1. The Labute approximate surface area is 143 Å². The Kier molecular flexibility index (Phi) is 4.85. The van der Waals surface area contributed by atoms with Gasteiger partial charge in [0.05, 0.1) is 15.5 Å². The molecule has 24 heavy (non-hydrogen) atoms. The van der Waals surface area contributed by atoms with Crippen molar-refractivity contribution in [3.8, 4) is 18.2 Å². The Balaban J connectivity index is 2.48. The minimum absolute atomic E-state index is 0.0374. The van der Waals surface area contributed by atoms with Crippen molar-refractivity contribution < 1.29 is 8.42 Å². The Bertz CT molecular complexity index is 1040. The average Bonchev–Trinajstić information content (AvgIpc) is 2.98. The molecule has 0 saturated carbocycles. The van der Waals surface area contributed by atoms with Crippen LogP contribution in [-0.4, -0.2) is 18.7 Å². The third kappa shape index (κ3) is 3.21. The summed E-state index contributed by atoms with van der Waals surface area (Å²) in [6, 6.07) is 9.87. The van der Waals surface area contributed by atoms with Crippen molar-refractivity contribution in [3.63, 3.8) is 0 Å². The van der Waals surface area contributed by atoms with Crippen molar-refractivity contribution in [3.05, 3.63) is 29.5 Å². The molecule has 1 heterocycles. The molecule has 0 radical (unpaired) electrons. The van der Waals surface area contributed by atoms with Crippen LogP contribution in [0.2, 0.25) is 0 Å². The van der Waals surface area contributed by atoms with Gasteiger partial charge in [0.15, 0.2) is 5.57 Å².